The van der Waals surface area contributed by atoms with Crippen LogP contribution in [0, 0.1) is 19.3 Å². The summed E-state index contributed by atoms with van der Waals surface area (Å²) >= 11 is 0. The molecule has 3 heterocycles. The maximum Gasteiger partial charge on any atom is 0.338 e. The quantitative estimate of drug-likeness (QED) is 0.481. The zero-order valence-corrected chi connectivity index (χ0v) is 21.1. The van der Waals surface area contributed by atoms with Crippen LogP contribution < -0.4 is 5.32 Å². The molecule has 0 saturated carbocycles. The van der Waals surface area contributed by atoms with Crippen molar-refractivity contribution in [1.29, 1.82) is 0 Å². The van der Waals surface area contributed by atoms with Crippen molar-refractivity contribution in [3.05, 3.63) is 68.8 Å². The molecule has 3 N–H and O–H groups in total. The van der Waals surface area contributed by atoms with E-state index in [0.717, 1.165) is 59.4 Å². The minimum Gasteiger partial charge on any atom is -0.457 e. The topological polar surface area (TPSA) is 108 Å². The van der Waals surface area contributed by atoms with Crippen LogP contribution in [0.4, 0.5) is 0 Å². The van der Waals surface area contributed by atoms with E-state index in [0.29, 0.717) is 24.2 Å². The number of β-amino-alcohol motifs (C(OH)–C–C–N with tert-alkyl or cyclic N) is 1. The Morgan fingerprint density at radius 3 is 2.08 bits per heavy atom. The van der Waals surface area contributed by atoms with Gasteiger partial charge >= 0.3 is 11.9 Å². The molecule has 0 aliphatic carbocycles. The lowest BCUT2D eigenvalue weighted by atomic mass is 9.89. The summed E-state index contributed by atoms with van der Waals surface area (Å²) in [5, 5.41) is 25.2. The second-order valence-corrected chi connectivity index (χ2v) is 10.7. The largest absolute Gasteiger partial charge is 0.457 e. The molecule has 0 bridgehead atoms. The van der Waals surface area contributed by atoms with Crippen molar-refractivity contribution in [2.75, 3.05) is 32.7 Å². The minimum absolute atomic E-state index is 0.0277. The molecule has 2 aromatic carbocycles. The van der Waals surface area contributed by atoms with Gasteiger partial charge in [0.25, 0.3) is 0 Å². The molecule has 1 saturated heterocycles. The lowest BCUT2D eigenvalue weighted by molar-refractivity contribution is 0.0526. The van der Waals surface area contributed by atoms with Gasteiger partial charge in [-0.2, -0.15) is 0 Å². The summed E-state index contributed by atoms with van der Waals surface area (Å²) in [7, 11) is 0. The van der Waals surface area contributed by atoms with Crippen molar-refractivity contribution in [1.82, 2.24) is 10.2 Å². The average molecular weight is 495 g/mol. The van der Waals surface area contributed by atoms with E-state index < -0.39 is 12.2 Å². The number of fused-ring (bicyclic) bond motifs is 2. The van der Waals surface area contributed by atoms with Crippen LogP contribution in [0.1, 0.15) is 79.6 Å². The third-order valence-corrected chi connectivity index (χ3v) is 8.09. The van der Waals surface area contributed by atoms with Gasteiger partial charge < -0.3 is 25.0 Å². The van der Waals surface area contributed by atoms with E-state index in [1.54, 1.807) is 12.1 Å². The van der Waals surface area contributed by atoms with Crippen LogP contribution >= 0.6 is 0 Å². The summed E-state index contributed by atoms with van der Waals surface area (Å²) in [4.78, 5) is 25.8. The number of cyclic esters (lactones) is 2. The number of esters is 2. The SMILES string of the molecule is Cc1c([C@@H](O)CNCC2(C)CCN(C[C@H](O)c3ccc4c(c3C)COC4=O)C2)ccc2c1COC2=O. The van der Waals surface area contributed by atoms with Gasteiger partial charge in [0.1, 0.15) is 13.2 Å². The number of hydrogen-bond acceptors (Lipinski definition) is 8. The van der Waals surface area contributed by atoms with Crippen molar-refractivity contribution < 1.29 is 29.3 Å². The number of rotatable bonds is 8. The number of ether oxygens (including phenoxy) is 2. The minimum atomic E-state index is -0.674. The van der Waals surface area contributed by atoms with Crippen LogP contribution in [0.25, 0.3) is 0 Å². The van der Waals surface area contributed by atoms with Crippen LogP contribution in [0.3, 0.4) is 0 Å². The number of carbonyl (C=O) groups excluding carboxylic acids is 2. The Kier molecular flexibility index (Phi) is 6.63. The highest BCUT2D eigenvalue weighted by molar-refractivity contribution is 5.94. The molecule has 192 valence electrons. The molecule has 0 spiro atoms. The number of nitrogens with one attached hydrogen (secondary N) is 1. The number of benzene rings is 2. The van der Waals surface area contributed by atoms with E-state index in [4.69, 9.17) is 9.47 Å². The molecule has 0 amide bonds. The van der Waals surface area contributed by atoms with Crippen LogP contribution in [-0.4, -0.2) is 59.8 Å². The standard InChI is InChI=1S/C28H34N2O6/c1-16-18(4-6-20-22(16)12-35-26(20)33)24(31)10-29-14-28(3)8-9-30(15-28)11-25(32)19-5-7-21-23(17(19)2)13-36-27(21)34/h4-7,24-25,29,31-32H,8-15H2,1-3H3/t24-,25-,28?/m0/s1. The third kappa shape index (κ3) is 4.54. The van der Waals surface area contributed by atoms with Gasteiger partial charge in [0.15, 0.2) is 0 Å². The predicted octanol–water partition coefficient (Wildman–Crippen LogP) is 2.71. The normalized spacial score (nSPS) is 22.8. The van der Waals surface area contributed by atoms with Gasteiger partial charge in [-0.1, -0.05) is 19.1 Å². The molecule has 3 aliphatic rings. The summed E-state index contributed by atoms with van der Waals surface area (Å²) in [6.45, 7) is 10.1. The van der Waals surface area contributed by atoms with Crippen LogP contribution in [-0.2, 0) is 22.7 Å². The van der Waals surface area contributed by atoms with Gasteiger partial charge in [0, 0.05) is 37.3 Å². The number of carbonyl (C=O) groups is 2. The van der Waals surface area contributed by atoms with Crippen molar-refractivity contribution in [2.45, 2.75) is 52.6 Å². The highest BCUT2D eigenvalue weighted by Crippen LogP contribution is 2.34. The molecule has 0 radical (unpaired) electrons. The van der Waals surface area contributed by atoms with Crippen molar-refractivity contribution in [3.63, 3.8) is 0 Å². The lowest BCUT2D eigenvalue weighted by Gasteiger charge is -2.27. The number of nitrogens with zero attached hydrogens (tertiary/aromatic N) is 1. The summed E-state index contributed by atoms with van der Waals surface area (Å²) in [5.74, 6) is -0.593. The molecule has 8 heteroatoms. The highest BCUT2D eigenvalue weighted by Gasteiger charge is 2.35. The number of hydrogen-bond donors (Lipinski definition) is 3. The highest BCUT2D eigenvalue weighted by atomic mass is 16.5. The molecular formula is C28H34N2O6. The van der Waals surface area contributed by atoms with Crippen molar-refractivity contribution in [3.8, 4) is 0 Å². The molecule has 2 aromatic rings. The monoisotopic (exact) mass is 494 g/mol. The fourth-order valence-electron chi connectivity index (χ4n) is 5.85. The van der Waals surface area contributed by atoms with E-state index in [2.05, 4.69) is 17.1 Å². The molecule has 8 nitrogen and oxygen atoms in total. The van der Waals surface area contributed by atoms with Crippen LogP contribution in [0.2, 0.25) is 0 Å². The molecule has 0 aromatic heterocycles. The van der Waals surface area contributed by atoms with E-state index in [1.165, 1.54) is 0 Å². The molecule has 5 rings (SSSR count). The van der Waals surface area contributed by atoms with E-state index in [9.17, 15) is 19.8 Å². The Morgan fingerprint density at radius 2 is 1.50 bits per heavy atom. The Morgan fingerprint density at radius 1 is 0.944 bits per heavy atom. The smallest absolute Gasteiger partial charge is 0.338 e. The maximum atomic E-state index is 11.8. The van der Waals surface area contributed by atoms with E-state index in [-0.39, 0.29) is 30.6 Å². The zero-order chi connectivity index (χ0) is 25.6. The van der Waals surface area contributed by atoms with Crippen molar-refractivity contribution in [2.24, 2.45) is 5.41 Å². The first-order chi connectivity index (χ1) is 17.2. The van der Waals surface area contributed by atoms with Crippen molar-refractivity contribution >= 4 is 11.9 Å². The fourth-order valence-corrected chi connectivity index (χ4v) is 5.85. The van der Waals surface area contributed by atoms with Crippen LogP contribution in [0.5, 0.6) is 0 Å². The summed E-state index contributed by atoms with van der Waals surface area (Å²) in [6, 6.07) is 7.15. The Bertz CT molecular complexity index is 1210. The molecule has 1 unspecified atom stereocenters. The third-order valence-electron chi connectivity index (χ3n) is 8.09. The molecule has 3 atom stereocenters. The van der Waals surface area contributed by atoms with Gasteiger partial charge in [-0.25, -0.2) is 9.59 Å². The van der Waals surface area contributed by atoms with E-state index in [1.807, 2.05) is 26.0 Å². The van der Waals surface area contributed by atoms with E-state index >= 15 is 0 Å². The fraction of sp³-hybridized carbons (Fsp3) is 0.500. The van der Waals surface area contributed by atoms with Gasteiger partial charge in [-0.3, -0.25) is 4.90 Å². The number of likely N-dealkylation sites (tertiary alicyclic amines) is 1. The summed E-state index contributed by atoms with van der Waals surface area (Å²) in [5.41, 5.74) is 6.47. The Balaban J connectivity index is 1.14. The summed E-state index contributed by atoms with van der Waals surface area (Å²) in [6.07, 6.45) is -0.319. The first-order valence-electron chi connectivity index (χ1n) is 12.5. The number of aliphatic hydroxyl groups excluding tert-OH is 2. The second-order valence-electron chi connectivity index (χ2n) is 10.7. The number of aliphatic hydroxyl groups is 2. The Hall–Kier alpha value is -2.78. The first-order valence-corrected chi connectivity index (χ1v) is 12.5. The zero-order valence-electron chi connectivity index (χ0n) is 21.1. The summed E-state index contributed by atoms with van der Waals surface area (Å²) < 4.78 is 10.3. The second kappa shape index (κ2) is 9.59. The van der Waals surface area contributed by atoms with Gasteiger partial charge in [-0.15, -0.1) is 0 Å². The maximum absolute atomic E-state index is 11.8. The predicted molar refractivity (Wildman–Crippen MR) is 133 cm³/mol. The molecule has 36 heavy (non-hydrogen) atoms. The Labute approximate surface area is 211 Å². The lowest BCUT2D eigenvalue weighted by Crippen LogP contribution is -2.37. The molecule has 1 fully saturated rings. The van der Waals surface area contributed by atoms with Gasteiger partial charge in [-0.05, 0) is 66.6 Å². The molecule has 3 aliphatic heterocycles. The molecular weight excluding hydrogens is 460 g/mol. The van der Waals surface area contributed by atoms with Gasteiger partial charge in [0.2, 0.25) is 0 Å². The van der Waals surface area contributed by atoms with Gasteiger partial charge in [0.05, 0.1) is 23.3 Å². The first kappa shape index (κ1) is 24.9. The average Bonchev–Trinajstić information content (AvgIpc) is 3.52. The van der Waals surface area contributed by atoms with Crippen LogP contribution in [0.15, 0.2) is 24.3 Å².